The summed E-state index contributed by atoms with van der Waals surface area (Å²) in [4.78, 5) is 0. The fourth-order valence-corrected chi connectivity index (χ4v) is 2.22. The summed E-state index contributed by atoms with van der Waals surface area (Å²) in [6, 6.07) is 5.08. The van der Waals surface area contributed by atoms with Gasteiger partial charge in [0.15, 0.2) is 0 Å². The molecule has 1 unspecified atom stereocenters. The van der Waals surface area contributed by atoms with Crippen molar-refractivity contribution >= 4 is 17.4 Å². The lowest BCUT2D eigenvalue weighted by Gasteiger charge is -2.08. The van der Waals surface area contributed by atoms with Gasteiger partial charge in [0, 0.05) is 23.6 Å². The average molecular weight is 227 g/mol. The third-order valence-electron chi connectivity index (χ3n) is 2.08. The van der Waals surface area contributed by atoms with Crippen LogP contribution in [0.5, 0.6) is 5.75 Å². The molecule has 0 aliphatic heterocycles. The van der Waals surface area contributed by atoms with Gasteiger partial charge in [-0.2, -0.15) is 11.8 Å². The Bertz CT molecular complexity index is 317. The van der Waals surface area contributed by atoms with Crippen LogP contribution < -0.4 is 5.73 Å². The maximum Gasteiger partial charge on any atom is 0.119 e. The zero-order valence-electron chi connectivity index (χ0n) is 8.81. The molecule has 4 N–H and O–H groups in total. The number of nitrogens with two attached hydrogens (primary N) is 1. The predicted octanol–water partition coefficient (Wildman–Crippen LogP) is 1.84. The molecule has 0 heterocycles. The number of thioether (sulfide) groups is 1. The van der Waals surface area contributed by atoms with Crippen LogP contribution in [-0.2, 0) is 5.75 Å². The maximum atomic E-state index is 9.54. The molecule has 0 aliphatic carbocycles. The van der Waals surface area contributed by atoms with Crippen LogP contribution in [0.2, 0.25) is 0 Å². The van der Waals surface area contributed by atoms with Gasteiger partial charge < -0.3 is 15.9 Å². The van der Waals surface area contributed by atoms with Gasteiger partial charge in [0.05, 0.1) is 0 Å². The highest BCUT2D eigenvalue weighted by Crippen LogP contribution is 2.25. The second-order valence-corrected chi connectivity index (χ2v) is 4.72. The van der Waals surface area contributed by atoms with Crippen LogP contribution in [0.4, 0.5) is 5.69 Å². The van der Waals surface area contributed by atoms with Crippen molar-refractivity contribution in [1.29, 1.82) is 0 Å². The number of aliphatic hydroxyl groups excluding tert-OH is 1. The number of aromatic hydroxyl groups is 1. The maximum absolute atomic E-state index is 9.54. The summed E-state index contributed by atoms with van der Waals surface area (Å²) >= 11 is 1.69. The summed E-state index contributed by atoms with van der Waals surface area (Å²) in [5.74, 6) is 2.18. The number of phenolic OH excluding ortho intramolecular Hbond substituents is 1. The molecule has 4 heteroatoms. The van der Waals surface area contributed by atoms with Gasteiger partial charge in [0.25, 0.3) is 0 Å². The molecule has 0 saturated heterocycles. The monoisotopic (exact) mass is 227 g/mol. The first-order valence-corrected chi connectivity index (χ1v) is 6.05. The van der Waals surface area contributed by atoms with E-state index in [1.807, 2.05) is 6.92 Å². The summed E-state index contributed by atoms with van der Waals surface area (Å²) < 4.78 is 0. The van der Waals surface area contributed by atoms with E-state index in [0.29, 0.717) is 11.6 Å². The molecule has 84 valence electrons. The molecule has 0 fully saturated rings. The minimum atomic E-state index is 0.204. The summed E-state index contributed by atoms with van der Waals surface area (Å²) in [6.07, 6.45) is 0. The van der Waals surface area contributed by atoms with Crippen LogP contribution >= 0.6 is 11.8 Å². The van der Waals surface area contributed by atoms with Crippen molar-refractivity contribution in [3.8, 4) is 5.75 Å². The van der Waals surface area contributed by atoms with Crippen LogP contribution in [0.25, 0.3) is 0 Å². The number of nitrogen functional groups attached to an aromatic ring is 1. The number of anilines is 1. The molecule has 3 nitrogen and oxygen atoms in total. The van der Waals surface area contributed by atoms with Crippen LogP contribution in [0, 0.1) is 5.92 Å². The molecule has 0 radical (unpaired) electrons. The standard InChI is InChI=1S/C11H17NO2S/c1-8(5-13)6-15-7-9-4-10(12)2-3-11(9)14/h2-4,8,13-14H,5-7,12H2,1H3. The lowest BCUT2D eigenvalue weighted by molar-refractivity contribution is 0.250. The molecule has 0 aliphatic rings. The van der Waals surface area contributed by atoms with Crippen LogP contribution in [0.15, 0.2) is 18.2 Å². The Labute approximate surface area is 94.3 Å². The first kappa shape index (κ1) is 12.2. The van der Waals surface area contributed by atoms with E-state index in [1.54, 1.807) is 30.0 Å². The molecule has 0 bridgehead atoms. The first-order valence-electron chi connectivity index (χ1n) is 4.89. The fraction of sp³-hybridized carbons (Fsp3) is 0.455. The van der Waals surface area contributed by atoms with E-state index in [-0.39, 0.29) is 12.4 Å². The minimum Gasteiger partial charge on any atom is -0.508 e. The predicted molar refractivity (Wildman–Crippen MR) is 64.9 cm³/mol. The van der Waals surface area contributed by atoms with Gasteiger partial charge in [-0.3, -0.25) is 0 Å². The summed E-state index contributed by atoms with van der Waals surface area (Å²) in [6.45, 7) is 2.20. The molecule has 0 amide bonds. The fourth-order valence-electron chi connectivity index (χ4n) is 1.14. The summed E-state index contributed by atoms with van der Waals surface area (Å²) in [7, 11) is 0. The van der Waals surface area contributed by atoms with E-state index < -0.39 is 0 Å². The van der Waals surface area contributed by atoms with E-state index in [2.05, 4.69) is 0 Å². The summed E-state index contributed by atoms with van der Waals surface area (Å²) in [5.41, 5.74) is 7.14. The largest absolute Gasteiger partial charge is 0.508 e. The molecular weight excluding hydrogens is 210 g/mol. The van der Waals surface area contributed by atoms with E-state index >= 15 is 0 Å². The smallest absolute Gasteiger partial charge is 0.119 e. The van der Waals surface area contributed by atoms with Gasteiger partial charge in [-0.05, 0) is 29.9 Å². The molecule has 1 rings (SSSR count). The quantitative estimate of drug-likeness (QED) is 0.530. The van der Waals surface area contributed by atoms with E-state index in [0.717, 1.165) is 17.1 Å². The van der Waals surface area contributed by atoms with Crippen molar-refractivity contribution in [2.45, 2.75) is 12.7 Å². The number of aliphatic hydroxyl groups is 1. The van der Waals surface area contributed by atoms with Gasteiger partial charge in [-0.25, -0.2) is 0 Å². The minimum absolute atomic E-state index is 0.204. The second-order valence-electron chi connectivity index (χ2n) is 3.69. The highest BCUT2D eigenvalue weighted by Gasteiger charge is 2.04. The zero-order chi connectivity index (χ0) is 11.3. The second kappa shape index (κ2) is 5.88. The molecule has 1 atom stereocenters. The van der Waals surface area contributed by atoms with Gasteiger partial charge in [-0.1, -0.05) is 6.92 Å². The van der Waals surface area contributed by atoms with E-state index in [1.165, 1.54) is 0 Å². The third-order valence-corrected chi connectivity index (χ3v) is 3.40. The lowest BCUT2D eigenvalue weighted by Crippen LogP contribution is -2.03. The van der Waals surface area contributed by atoms with Gasteiger partial charge in [-0.15, -0.1) is 0 Å². The van der Waals surface area contributed by atoms with Crippen molar-refractivity contribution in [3.63, 3.8) is 0 Å². The number of hydrogen-bond acceptors (Lipinski definition) is 4. The van der Waals surface area contributed by atoms with Crippen molar-refractivity contribution in [2.75, 3.05) is 18.1 Å². The van der Waals surface area contributed by atoms with Crippen LogP contribution in [-0.4, -0.2) is 22.6 Å². The Kier molecular flexibility index (Phi) is 4.78. The SMILES string of the molecule is CC(CO)CSCc1cc(N)ccc1O. The molecule has 0 spiro atoms. The topological polar surface area (TPSA) is 66.5 Å². The van der Waals surface area contributed by atoms with Crippen LogP contribution in [0.1, 0.15) is 12.5 Å². The zero-order valence-corrected chi connectivity index (χ0v) is 9.63. The average Bonchev–Trinajstić information content (AvgIpc) is 2.23. The molecule has 1 aromatic rings. The molecule has 1 aromatic carbocycles. The number of benzene rings is 1. The molecule has 0 aromatic heterocycles. The molecule has 0 saturated carbocycles. The number of hydrogen-bond donors (Lipinski definition) is 3. The Morgan fingerprint density at radius 1 is 1.47 bits per heavy atom. The van der Waals surface area contributed by atoms with E-state index in [9.17, 15) is 5.11 Å². The highest BCUT2D eigenvalue weighted by molar-refractivity contribution is 7.98. The van der Waals surface area contributed by atoms with Crippen molar-refractivity contribution in [2.24, 2.45) is 5.92 Å². The van der Waals surface area contributed by atoms with Crippen molar-refractivity contribution < 1.29 is 10.2 Å². The van der Waals surface area contributed by atoms with Gasteiger partial charge in [0.1, 0.15) is 5.75 Å². The normalized spacial score (nSPS) is 12.7. The first-order chi connectivity index (χ1) is 7.13. The van der Waals surface area contributed by atoms with Gasteiger partial charge in [0.2, 0.25) is 0 Å². The Morgan fingerprint density at radius 2 is 2.20 bits per heavy atom. The number of rotatable bonds is 5. The lowest BCUT2D eigenvalue weighted by atomic mass is 10.2. The van der Waals surface area contributed by atoms with Crippen molar-refractivity contribution in [1.82, 2.24) is 0 Å². The molecule has 15 heavy (non-hydrogen) atoms. The Morgan fingerprint density at radius 3 is 2.87 bits per heavy atom. The molecular formula is C11H17NO2S. The number of phenols is 1. The van der Waals surface area contributed by atoms with Crippen LogP contribution in [0.3, 0.4) is 0 Å². The van der Waals surface area contributed by atoms with Gasteiger partial charge >= 0.3 is 0 Å². The Balaban J connectivity index is 2.46. The van der Waals surface area contributed by atoms with Crippen molar-refractivity contribution in [3.05, 3.63) is 23.8 Å². The highest BCUT2D eigenvalue weighted by atomic mass is 32.2. The Hall–Kier alpha value is -0.870. The summed E-state index contributed by atoms with van der Waals surface area (Å²) in [5, 5.41) is 18.4. The van der Waals surface area contributed by atoms with E-state index in [4.69, 9.17) is 10.8 Å². The third kappa shape index (κ3) is 4.01.